The highest BCUT2D eigenvalue weighted by atomic mass is 16.2. The molecule has 0 atom stereocenters. The summed E-state index contributed by atoms with van der Waals surface area (Å²) in [6, 6.07) is 21.4. The SMILES string of the molecule is CC(=O)c1cc(C(=O)NCc2ccccc2)n(Cc2ccccc2)c1C. The number of nitrogens with zero attached hydrogens (tertiary/aromatic N) is 1. The Bertz CT molecular complexity index is 912. The van der Waals surface area contributed by atoms with Crippen molar-refractivity contribution >= 4 is 11.7 Å². The highest BCUT2D eigenvalue weighted by molar-refractivity contribution is 6.00. The van der Waals surface area contributed by atoms with E-state index < -0.39 is 0 Å². The summed E-state index contributed by atoms with van der Waals surface area (Å²) in [5.74, 6) is -0.216. The first kappa shape index (κ1) is 17.7. The number of carbonyl (C=O) groups is 2. The van der Waals surface area contributed by atoms with Crippen molar-refractivity contribution in [1.29, 1.82) is 0 Å². The number of hydrogen-bond donors (Lipinski definition) is 1. The van der Waals surface area contributed by atoms with Gasteiger partial charge in [0, 0.05) is 24.3 Å². The molecule has 0 radical (unpaired) electrons. The van der Waals surface area contributed by atoms with E-state index in [-0.39, 0.29) is 11.7 Å². The average Bonchev–Trinajstić information content (AvgIpc) is 2.98. The zero-order valence-electron chi connectivity index (χ0n) is 15.0. The molecule has 4 heteroatoms. The maximum atomic E-state index is 12.8. The second-order valence-corrected chi connectivity index (χ2v) is 6.32. The number of ketones is 1. The fraction of sp³-hybridized carbons (Fsp3) is 0.182. The van der Waals surface area contributed by atoms with E-state index in [2.05, 4.69) is 5.32 Å². The number of Topliss-reactive ketones (excluding diaryl/α,β-unsaturated/α-hetero) is 1. The number of hydrogen-bond acceptors (Lipinski definition) is 2. The van der Waals surface area contributed by atoms with E-state index in [1.165, 1.54) is 6.92 Å². The topological polar surface area (TPSA) is 51.1 Å². The Kier molecular flexibility index (Phi) is 5.32. The van der Waals surface area contributed by atoms with Gasteiger partial charge in [-0.1, -0.05) is 60.7 Å². The molecule has 0 saturated heterocycles. The molecule has 0 aliphatic carbocycles. The molecule has 1 aromatic heterocycles. The quantitative estimate of drug-likeness (QED) is 0.687. The molecule has 132 valence electrons. The van der Waals surface area contributed by atoms with Crippen LogP contribution in [0.25, 0.3) is 0 Å². The summed E-state index contributed by atoms with van der Waals surface area (Å²) >= 11 is 0. The highest BCUT2D eigenvalue weighted by Gasteiger charge is 2.19. The molecule has 0 saturated carbocycles. The summed E-state index contributed by atoms with van der Waals surface area (Å²) in [6.07, 6.45) is 0. The lowest BCUT2D eigenvalue weighted by Crippen LogP contribution is -2.26. The number of nitrogens with one attached hydrogen (secondary N) is 1. The van der Waals surface area contributed by atoms with Crippen LogP contribution in [0.3, 0.4) is 0 Å². The van der Waals surface area contributed by atoms with Crippen LogP contribution in [0, 0.1) is 6.92 Å². The molecular weight excluding hydrogens is 324 g/mol. The van der Waals surface area contributed by atoms with Crippen molar-refractivity contribution in [2.75, 3.05) is 0 Å². The lowest BCUT2D eigenvalue weighted by molar-refractivity contribution is 0.0941. The van der Waals surface area contributed by atoms with Gasteiger partial charge in [0.1, 0.15) is 5.69 Å². The zero-order valence-corrected chi connectivity index (χ0v) is 15.0. The van der Waals surface area contributed by atoms with Crippen LogP contribution in [0.1, 0.15) is 44.6 Å². The molecule has 3 rings (SSSR count). The molecule has 1 heterocycles. The lowest BCUT2D eigenvalue weighted by Gasteiger charge is -2.12. The molecule has 3 aromatic rings. The minimum atomic E-state index is -0.180. The van der Waals surface area contributed by atoms with Gasteiger partial charge in [-0.25, -0.2) is 0 Å². The van der Waals surface area contributed by atoms with E-state index in [4.69, 9.17) is 0 Å². The number of amides is 1. The van der Waals surface area contributed by atoms with Crippen molar-refractivity contribution in [3.63, 3.8) is 0 Å². The largest absolute Gasteiger partial charge is 0.347 e. The zero-order chi connectivity index (χ0) is 18.5. The van der Waals surface area contributed by atoms with Gasteiger partial charge in [-0.2, -0.15) is 0 Å². The van der Waals surface area contributed by atoms with Crippen molar-refractivity contribution in [2.45, 2.75) is 26.9 Å². The Morgan fingerprint density at radius 3 is 2.08 bits per heavy atom. The molecular formula is C22H22N2O2. The molecule has 1 N–H and O–H groups in total. The summed E-state index contributed by atoms with van der Waals surface area (Å²) in [5, 5.41) is 2.95. The fourth-order valence-electron chi connectivity index (χ4n) is 3.03. The predicted molar refractivity (Wildman–Crippen MR) is 102 cm³/mol. The third-order valence-electron chi connectivity index (χ3n) is 4.46. The molecule has 0 spiro atoms. The fourth-order valence-corrected chi connectivity index (χ4v) is 3.03. The highest BCUT2D eigenvalue weighted by Crippen LogP contribution is 2.19. The van der Waals surface area contributed by atoms with E-state index in [9.17, 15) is 9.59 Å². The first-order valence-electron chi connectivity index (χ1n) is 8.63. The Morgan fingerprint density at radius 2 is 1.50 bits per heavy atom. The first-order chi connectivity index (χ1) is 12.6. The van der Waals surface area contributed by atoms with Gasteiger partial charge in [-0.3, -0.25) is 9.59 Å². The van der Waals surface area contributed by atoms with E-state index >= 15 is 0 Å². The molecule has 0 fully saturated rings. The second kappa shape index (κ2) is 7.83. The number of aromatic nitrogens is 1. The normalized spacial score (nSPS) is 10.5. The van der Waals surface area contributed by atoms with Crippen molar-refractivity contribution < 1.29 is 9.59 Å². The van der Waals surface area contributed by atoms with Gasteiger partial charge in [0.25, 0.3) is 5.91 Å². The van der Waals surface area contributed by atoms with E-state index in [1.807, 2.05) is 72.2 Å². The summed E-state index contributed by atoms with van der Waals surface area (Å²) in [5.41, 5.74) is 4.02. The minimum Gasteiger partial charge on any atom is -0.347 e. The lowest BCUT2D eigenvalue weighted by atomic mass is 10.2. The summed E-state index contributed by atoms with van der Waals surface area (Å²) in [6.45, 7) is 4.41. The summed E-state index contributed by atoms with van der Waals surface area (Å²) in [4.78, 5) is 24.7. The van der Waals surface area contributed by atoms with Crippen molar-refractivity contribution in [1.82, 2.24) is 9.88 Å². The van der Waals surface area contributed by atoms with E-state index in [0.29, 0.717) is 24.3 Å². The van der Waals surface area contributed by atoms with E-state index in [1.54, 1.807) is 6.07 Å². The van der Waals surface area contributed by atoms with Gasteiger partial charge in [-0.15, -0.1) is 0 Å². The van der Waals surface area contributed by atoms with Gasteiger partial charge in [0.15, 0.2) is 5.78 Å². The summed E-state index contributed by atoms with van der Waals surface area (Å²) in [7, 11) is 0. The van der Waals surface area contributed by atoms with Gasteiger partial charge in [0.2, 0.25) is 0 Å². The molecule has 0 aliphatic rings. The minimum absolute atomic E-state index is 0.0357. The van der Waals surface area contributed by atoms with Crippen LogP contribution in [-0.4, -0.2) is 16.3 Å². The van der Waals surface area contributed by atoms with Crippen LogP contribution in [0.15, 0.2) is 66.7 Å². The maximum Gasteiger partial charge on any atom is 0.268 e. The van der Waals surface area contributed by atoms with Crippen LogP contribution in [0.4, 0.5) is 0 Å². The van der Waals surface area contributed by atoms with Crippen LogP contribution in [0.5, 0.6) is 0 Å². The van der Waals surface area contributed by atoms with Gasteiger partial charge in [0.05, 0.1) is 0 Å². The smallest absolute Gasteiger partial charge is 0.268 e. The van der Waals surface area contributed by atoms with Crippen molar-refractivity contribution in [2.24, 2.45) is 0 Å². The number of rotatable bonds is 6. The van der Waals surface area contributed by atoms with E-state index in [0.717, 1.165) is 16.8 Å². The van der Waals surface area contributed by atoms with Crippen LogP contribution in [0.2, 0.25) is 0 Å². The van der Waals surface area contributed by atoms with Crippen LogP contribution < -0.4 is 5.32 Å². The van der Waals surface area contributed by atoms with Crippen LogP contribution >= 0.6 is 0 Å². The Labute approximate surface area is 153 Å². The standard InChI is InChI=1S/C22H22N2O2/c1-16-20(17(2)25)13-21(24(16)15-19-11-7-4-8-12-19)22(26)23-14-18-9-5-3-6-10-18/h3-13H,14-15H2,1-2H3,(H,23,26). The van der Waals surface area contributed by atoms with Crippen molar-refractivity contribution in [3.05, 3.63) is 94.8 Å². The monoisotopic (exact) mass is 346 g/mol. The third-order valence-corrected chi connectivity index (χ3v) is 4.46. The number of carbonyl (C=O) groups excluding carboxylic acids is 2. The number of benzene rings is 2. The molecule has 0 aliphatic heterocycles. The van der Waals surface area contributed by atoms with Crippen LogP contribution in [-0.2, 0) is 13.1 Å². The van der Waals surface area contributed by atoms with Gasteiger partial charge in [-0.05, 0) is 31.0 Å². The van der Waals surface area contributed by atoms with Crippen molar-refractivity contribution in [3.8, 4) is 0 Å². The third kappa shape index (κ3) is 3.91. The average molecular weight is 346 g/mol. The Hall–Kier alpha value is -3.14. The molecule has 26 heavy (non-hydrogen) atoms. The molecule has 2 aromatic carbocycles. The Morgan fingerprint density at radius 1 is 0.923 bits per heavy atom. The molecule has 4 nitrogen and oxygen atoms in total. The maximum absolute atomic E-state index is 12.8. The predicted octanol–water partition coefficient (Wildman–Crippen LogP) is 3.98. The molecule has 0 unspecified atom stereocenters. The molecule has 1 amide bonds. The summed E-state index contributed by atoms with van der Waals surface area (Å²) < 4.78 is 1.91. The van der Waals surface area contributed by atoms with Gasteiger partial charge < -0.3 is 9.88 Å². The van der Waals surface area contributed by atoms with Gasteiger partial charge >= 0.3 is 0 Å². The Balaban J connectivity index is 1.88. The molecule has 0 bridgehead atoms. The first-order valence-corrected chi connectivity index (χ1v) is 8.63. The second-order valence-electron chi connectivity index (χ2n) is 6.32.